The number of halogens is 2. The number of hydrogen-bond donors (Lipinski definition) is 1. The predicted octanol–water partition coefficient (Wildman–Crippen LogP) is 6.34. The van der Waals surface area contributed by atoms with E-state index in [2.05, 4.69) is 55.4 Å². The number of nitrogens with zero attached hydrogens (tertiary/aromatic N) is 1. The highest BCUT2D eigenvalue weighted by atomic mass is 79.9. The van der Waals surface area contributed by atoms with Gasteiger partial charge in [-0.1, -0.05) is 42.5 Å². The number of carbonyl (C=O) groups excluding carboxylic acids is 3. The second kappa shape index (κ2) is 10.2. The molecule has 4 aromatic carbocycles. The minimum Gasteiger partial charge on any atom is -0.487 e. The number of imide groups is 2. The molecular formula is C29H18Br2N2O6. The van der Waals surface area contributed by atoms with Gasteiger partial charge in [0.2, 0.25) is 6.79 Å². The fourth-order valence-electron chi connectivity index (χ4n) is 4.45. The Labute approximate surface area is 239 Å². The average molecular weight is 650 g/mol. The summed E-state index contributed by atoms with van der Waals surface area (Å²) in [5.41, 5.74) is 1.63. The van der Waals surface area contributed by atoms with Gasteiger partial charge in [-0.15, -0.1) is 0 Å². The molecule has 1 saturated heterocycles. The molecule has 0 radical (unpaired) electrons. The number of amides is 4. The van der Waals surface area contributed by atoms with Gasteiger partial charge >= 0.3 is 6.03 Å². The maximum Gasteiger partial charge on any atom is 0.335 e. The number of hydrogen-bond acceptors (Lipinski definition) is 6. The van der Waals surface area contributed by atoms with Gasteiger partial charge in [0.15, 0.2) is 11.5 Å². The van der Waals surface area contributed by atoms with Crippen LogP contribution in [0.3, 0.4) is 0 Å². The lowest BCUT2D eigenvalue weighted by Gasteiger charge is -2.26. The first kappa shape index (κ1) is 25.1. The van der Waals surface area contributed by atoms with Crippen molar-refractivity contribution < 1.29 is 28.6 Å². The van der Waals surface area contributed by atoms with E-state index >= 15 is 0 Å². The summed E-state index contributed by atoms with van der Waals surface area (Å²) in [7, 11) is 0. The Morgan fingerprint density at radius 2 is 1.64 bits per heavy atom. The lowest BCUT2D eigenvalue weighted by Crippen LogP contribution is -2.54. The van der Waals surface area contributed by atoms with E-state index in [-0.39, 0.29) is 18.1 Å². The first-order valence-electron chi connectivity index (χ1n) is 11.8. The molecule has 0 spiro atoms. The molecule has 8 nitrogen and oxygen atoms in total. The van der Waals surface area contributed by atoms with Crippen LogP contribution in [0.15, 0.2) is 87.3 Å². The number of ether oxygens (including phenoxy) is 3. The Hall–Kier alpha value is -4.15. The van der Waals surface area contributed by atoms with Gasteiger partial charge < -0.3 is 14.2 Å². The number of nitrogens with one attached hydrogen (secondary N) is 1. The number of anilines is 1. The zero-order valence-corrected chi connectivity index (χ0v) is 23.2. The Bertz CT molecular complexity index is 1690. The molecule has 0 unspecified atom stereocenters. The average Bonchev–Trinajstić information content (AvgIpc) is 3.39. The second-order valence-corrected chi connectivity index (χ2v) is 10.4. The van der Waals surface area contributed by atoms with Crippen LogP contribution in [-0.2, 0) is 16.2 Å². The molecule has 1 N–H and O–H groups in total. The third kappa shape index (κ3) is 4.77. The number of urea groups is 1. The zero-order chi connectivity index (χ0) is 27.1. The quantitative estimate of drug-likeness (QED) is 0.200. The molecule has 2 aliphatic rings. The van der Waals surface area contributed by atoms with E-state index in [0.717, 1.165) is 21.2 Å². The van der Waals surface area contributed by atoms with Crippen LogP contribution >= 0.6 is 31.9 Å². The van der Waals surface area contributed by atoms with Crippen LogP contribution in [-0.4, -0.2) is 24.6 Å². The summed E-state index contributed by atoms with van der Waals surface area (Å²) < 4.78 is 18.0. The highest BCUT2D eigenvalue weighted by Gasteiger charge is 2.37. The van der Waals surface area contributed by atoms with Crippen molar-refractivity contribution in [1.82, 2.24) is 5.32 Å². The molecule has 0 saturated carbocycles. The van der Waals surface area contributed by atoms with Crippen LogP contribution in [0.25, 0.3) is 16.8 Å². The lowest BCUT2D eigenvalue weighted by atomic mass is 10.1. The fourth-order valence-corrected chi connectivity index (χ4v) is 5.90. The summed E-state index contributed by atoms with van der Waals surface area (Å²) in [6.45, 7) is 0.389. The molecule has 6 rings (SSSR count). The third-order valence-electron chi connectivity index (χ3n) is 6.30. The fraction of sp³-hybridized carbons (Fsp3) is 0.0690. The van der Waals surface area contributed by atoms with Crippen LogP contribution in [0, 0.1) is 0 Å². The third-order valence-corrected chi connectivity index (χ3v) is 7.48. The van der Waals surface area contributed by atoms with Gasteiger partial charge in [0.1, 0.15) is 17.9 Å². The number of benzene rings is 4. The standard InChI is InChI=1S/C29H18Br2N2O6/c30-22-11-16(12-23(31)26(22)37-14-18-6-3-5-17-4-1-2-7-20(17)18)10-21-27(34)32-29(36)33(28(21)35)19-8-9-24-25(13-19)39-15-38-24/h1-13H,14-15H2,(H,32,34,36)/b21-10+. The minimum absolute atomic E-state index is 0.0496. The van der Waals surface area contributed by atoms with E-state index in [4.69, 9.17) is 14.2 Å². The van der Waals surface area contributed by atoms with E-state index in [9.17, 15) is 14.4 Å². The van der Waals surface area contributed by atoms with Gasteiger partial charge in [-0.25, -0.2) is 9.69 Å². The highest BCUT2D eigenvalue weighted by Crippen LogP contribution is 2.38. The van der Waals surface area contributed by atoms with Crippen LogP contribution in [0.4, 0.5) is 10.5 Å². The van der Waals surface area contributed by atoms with Gasteiger partial charge in [0.25, 0.3) is 11.8 Å². The highest BCUT2D eigenvalue weighted by molar-refractivity contribution is 9.11. The van der Waals surface area contributed by atoms with Crippen LogP contribution in [0.2, 0.25) is 0 Å². The Morgan fingerprint density at radius 3 is 2.46 bits per heavy atom. The summed E-state index contributed by atoms with van der Waals surface area (Å²) in [4.78, 5) is 39.4. The summed E-state index contributed by atoms with van der Waals surface area (Å²) >= 11 is 7.09. The molecule has 4 aromatic rings. The van der Waals surface area contributed by atoms with Crippen molar-refractivity contribution in [3.63, 3.8) is 0 Å². The van der Waals surface area contributed by atoms with Crippen LogP contribution in [0.5, 0.6) is 17.2 Å². The normalized spacial score (nSPS) is 15.7. The first-order chi connectivity index (χ1) is 18.9. The second-order valence-electron chi connectivity index (χ2n) is 8.74. The van der Waals surface area contributed by atoms with E-state index in [1.54, 1.807) is 24.3 Å². The maximum absolute atomic E-state index is 13.3. The minimum atomic E-state index is -0.847. The van der Waals surface area contributed by atoms with E-state index in [0.29, 0.717) is 38.4 Å². The van der Waals surface area contributed by atoms with Crippen molar-refractivity contribution in [2.75, 3.05) is 11.7 Å². The molecule has 2 heterocycles. The SMILES string of the molecule is O=C1NC(=O)N(c2ccc3c(c2)OCO3)C(=O)/C1=C/c1cc(Br)c(OCc2cccc3ccccc23)c(Br)c1. The topological polar surface area (TPSA) is 94.2 Å². The molecule has 0 aromatic heterocycles. The Balaban J connectivity index is 1.27. The van der Waals surface area contributed by atoms with Crippen molar-refractivity contribution >= 4 is 72.2 Å². The molecule has 0 atom stereocenters. The van der Waals surface area contributed by atoms with Gasteiger partial charge in [0, 0.05) is 6.07 Å². The molecule has 1 fully saturated rings. The number of carbonyl (C=O) groups is 3. The van der Waals surface area contributed by atoms with Crippen LogP contribution < -0.4 is 24.4 Å². The molecule has 0 bridgehead atoms. The van der Waals surface area contributed by atoms with Gasteiger partial charge in [-0.3, -0.25) is 14.9 Å². The van der Waals surface area contributed by atoms with Crippen LogP contribution in [0.1, 0.15) is 11.1 Å². The maximum atomic E-state index is 13.3. The predicted molar refractivity (Wildman–Crippen MR) is 152 cm³/mol. The van der Waals surface area contributed by atoms with E-state index in [1.165, 1.54) is 12.1 Å². The Morgan fingerprint density at radius 1 is 0.897 bits per heavy atom. The van der Waals surface area contributed by atoms with Gasteiger partial charge in [-0.05, 0) is 84.1 Å². The molecule has 39 heavy (non-hydrogen) atoms. The van der Waals surface area contributed by atoms with Crippen molar-refractivity contribution in [3.05, 3.63) is 98.4 Å². The summed E-state index contributed by atoms with van der Waals surface area (Å²) in [6.07, 6.45) is 1.42. The molecule has 194 valence electrons. The van der Waals surface area contributed by atoms with Crippen molar-refractivity contribution in [2.45, 2.75) is 6.61 Å². The molecule has 4 amide bonds. The van der Waals surface area contributed by atoms with Crippen molar-refractivity contribution in [3.8, 4) is 17.2 Å². The summed E-state index contributed by atoms with van der Waals surface area (Å²) in [5.74, 6) is -0.0614. The summed E-state index contributed by atoms with van der Waals surface area (Å²) in [5, 5.41) is 4.46. The number of barbiturate groups is 1. The van der Waals surface area contributed by atoms with Crippen molar-refractivity contribution in [1.29, 1.82) is 0 Å². The lowest BCUT2D eigenvalue weighted by molar-refractivity contribution is -0.122. The number of rotatable bonds is 5. The monoisotopic (exact) mass is 648 g/mol. The molecule has 0 aliphatic carbocycles. The Kier molecular flexibility index (Phi) is 6.58. The van der Waals surface area contributed by atoms with Crippen molar-refractivity contribution in [2.24, 2.45) is 0 Å². The van der Waals surface area contributed by atoms with Gasteiger partial charge in [0.05, 0.1) is 14.6 Å². The van der Waals surface area contributed by atoms with E-state index in [1.807, 2.05) is 24.3 Å². The molecule has 2 aliphatic heterocycles. The largest absolute Gasteiger partial charge is 0.487 e. The summed E-state index contributed by atoms with van der Waals surface area (Å²) in [6, 6.07) is 21.4. The smallest absolute Gasteiger partial charge is 0.335 e. The number of fused-ring (bicyclic) bond motifs is 2. The molecular weight excluding hydrogens is 632 g/mol. The first-order valence-corrected chi connectivity index (χ1v) is 13.4. The zero-order valence-electron chi connectivity index (χ0n) is 20.1. The van der Waals surface area contributed by atoms with E-state index < -0.39 is 17.8 Å². The molecule has 10 heteroatoms. The van der Waals surface area contributed by atoms with Gasteiger partial charge in [-0.2, -0.15) is 0 Å².